The number of hydrogen-bond acceptors (Lipinski definition) is 2. The molecule has 0 bridgehead atoms. The van der Waals surface area contributed by atoms with E-state index in [1.54, 1.807) is 0 Å². The van der Waals surface area contributed by atoms with Crippen molar-refractivity contribution in [2.45, 2.75) is 0 Å². The van der Waals surface area contributed by atoms with Crippen molar-refractivity contribution < 1.29 is 17.6 Å². The third-order valence-corrected chi connectivity index (χ3v) is 1.69. The van der Waals surface area contributed by atoms with Crippen LogP contribution in [0.15, 0.2) is 18.2 Å². The van der Waals surface area contributed by atoms with E-state index in [-0.39, 0.29) is 5.46 Å². The van der Waals surface area contributed by atoms with E-state index in [4.69, 9.17) is 5.02 Å². The van der Waals surface area contributed by atoms with Gasteiger partial charge in [-0.2, -0.15) is 0 Å². The summed E-state index contributed by atoms with van der Waals surface area (Å²) in [5.41, 5.74) is -0.244. The highest BCUT2D eigenvalue weighted by atomic mass is 79.9. The van der Waals surface area contributed by atoms with E-state index in [1.165, 1.54) is 12.1 Å². The van der Waals surface area contributed by atoms with Crippen molar-refractivity contribution in [1.82, 2.24) is 0 Å². The molecule has 0 saturated carbocycles. The van der Waals surface area contributed by atoms with Gasteiger partial charge in [-0.3, -0.25) is 0 Å². The van der Waals surface area contributed by atoms with Crippen LogP contribution in [-0.4, -0.2) is 12.1 Å². The molecule has 0 unspecified atom stereocenters. The van der Waals surface area contributed by atoms with Gasteiger partial charge in [0, 0.05) is 5.46 Å². The molecule has 12 heavy (non-hydrogen) atoms. The first kappa shape index (κ1) is 9.63. The zero-order chi connectivity index (χ0) is 9.14. The van der Waals surface area contributed by atoms with Crippen molar-refractivity contribution in [1.29, 1.82) is 0 Å². The lowest BCUT2D eigenvalue weighted by molar-refractivity contribution is 0.468. The normalized spacial score (nSPS) is 10.0. The number of halogens is 3. The fourth-order valence-electron chi connectivity index (χ4n) is 0.759. The van der Waals surface area contributed by atoms with Crippen LogP contribution in [0.5, 0.6) is 0 Å². The molecule has 0 aliphatic rings. The predicted octanol–water partition coefficient (Wildman–Crippen LogP) is 0.979. The summed E-state index contributed by atoms with van der Waals surface area (Å²) in [6.07, 6.45) is 0. The molecular formula is C6H4BBrF2O2. The topological polar surface area (TPSA) is 29.5 Å². The van der Waals surface area contributed by atoms with Crippen LogP contribution >= 0.6 is 16.3 Å². The minimum absolute atomic E-state index is 0.244. The van der Waals surface area contributed by atoms with Gasteiger partial charge in [-0.25, -0.2) is 8.78 Å². The van der Waals surface area contributed by atoms with Crippen LogP contribution in [0.2, 0.25) is 0 Å². The van der Waals surface area contributed by atoms with Crippen molar-refractivity contribution in [3.63, 3.8) is 0 Å². The zero-order valence-electron chi connectivity index (χ0n) is 5.80. The number of benzene rings is 1. The molecule has 64 valence electrons. The fraction of sp³-hybridized carbons (Fsp3) is 0. The van der Waals surface area contributed by atoms with Gasteiger partial charge in [-0.15, -0.1) is 0 Å². The highest BCUT2D eigenvalue weighted by Gasteiger charge is 2.21. The molecule has 0 aliphatic heterocycles. The molecule has 1 aromatic carbocycles. The molecule has 0 aliphatic carbocycles. The third kappa shape index (κ3) is 1.82. The molecule has 6 heteroatoms. The average Bonchev–Trinajstić information content (AvgIpc) is 2.08. The summed E-state index contributed by atoms with van der Waals surface area (Å²) in [7, 11) is -1.50. The molecule has 1 N–H and O–H groups in total. The molecule has 0 amide bonds. The van der Waals surface area contributed by atoms with Gasteiger partial charge in [0.25, 0.3) is 0 Å². The van der Waals surface area contributed by atoms with Crippen LogP contribution in [-0.2, 0) is 3.75 Å². The summed E-state index contributed by atoms with van der Waals surface area (Å²) in [6, 6.07) is 3.47. The molecule has 2 nitrogen and oxygen atoms in total. The molecule has 0 spiro atoms. The maximum atomic E-state index is 12.8. The fourth-order valence-corrected chi connectivity index (χ4v) is 0.961. The lowest BCUT2D eigenvalue weighted by Gasteiger charge is -2.03. The van der Waals surface area contributed by atoms with E-state index in [2.05, 4.69) is 20.0 Å². The lowest BCUT2D eigenvalue weighted by Crippen LogP contribution is -2.34. The zero-order valence-corrected chi connectivity index (χ0v) is 7.38. The monoisotopic (exact) mass is 236 g/mol. The first-order valence-electron chi connectivity index (χ1n) is 3.06. The van der Waals surface area contributed by atoms with Gasteiger partial charge in [0.05, 0.1) is 16.3 Å². The maximum Gasteiger partial charge on any atom is 0.505 e. The summed E-state index contributed by atoms with van der Waals surface area (Å²) in [6.45, 7) is 0. The van der Waals surface area contributed by atoms with Gasteiger partial charge in [0.15, 0.2) is 11.6 Å². The van der Waals surface area contributed by atoms with E-state index in [0.29, 0.717) is 0 Å². The van der Waals surface area contributed by atoms with Crippen LogP contribution in [0.25, 0.3) is 0 Å². The Bertz CT molecular complexity index is 284. The summed E-state index contributed by atoms with van der Waals surface area (Å²) in [5.74, 6) is -2.12. The summed E-state index contributed by atoms with van der Waals surface area (Å²) in [4.78, 5) is 0. The molecule has 0 saturated heterocycles. The minimum Gasteiger partial charge on any atom is -0.422 e. The Morgan fingerprint density at radius 3 is 2.67 bits per heavy atom. The predicted molar refractivity (Wildman–Crippen MR) is 44.0 cm³/mol. The van der Waals surface area contributed by atoms with Crippen LogP contribution in [0.3, 0.4) is 0 Å². The molecule has 0 aromatic heterocycles. The van der Waals surface area contributed by atoms with Gasteiger partial charge in [-0.1, -0.05) is 12.1 Å². The maximum absolute atomic E-state index is 12.8. The SMILES string of the molecule is OB(OBr)c1cccc(F)c1F. The second-order valence-corrected chi connectivity index (χ2v) is 2.46. The van der Waals surface area contributed by atoms with E-state index < -0.39 is 18.8 Å². The van der Waals surface area contributed by atoms with Gasteiger partial charge in [-0.05, 0) is 6.07 Å². The largest absolute Gasteiger partial charge is 0.505 e. The van der Waals surface area contributed by atoms with Crippen molar-refractivity contribution in [3.05, 3.63) is 29.8 Å². The second kappa shape index (κ2) is 3.98. The van der Waals surface area contributed by atoms with Gasteiger partial charge in [0.1, 0.15) is 0 Å². The Labute approximate surface area is 76.8 Å². The molecular weight excluding hydrogens is 233 g/mol. The van der Waals surface area contributed by atoms with Crippen molar-refractivity contribution in [3.8, 4) is 0 Å². The molecule has 1 rings (SSSR count). The summed E-state index contributed by atoms with van der Waals surface area (Å²) >= 11 is 2.47. The number of hydrogen-bond donors (Lipinski definition) is 1. The Morgan fingerprint density at radius 2 is 2.08 bits per heavy atom. The smallest absolute Gasteiger partial charge is 0.422 e. The summed E-state index contributed by atoms with van der Waals surface area (Å²) in [5, 5.41) is 8.96. The average molecular weight is 237 g/mol. The number of rotatable bonds is 2. The third-order valence-electron chi connectivity index (χ3n) is 1.33. The Kier molecular flexibility index (Phi) is 3.19. The molecule has 0 fully saturated rings. The van der Waals surface area contributed by atoms with E-state index in [0.717, 1.165) is 6.07 Å². The van der Waals surface area contributed by atoms with Crippen LogP contribution < -0.4 is 5.46 Å². The first-order valence-corrected chi connectivity index (χ1v) is 3.71. The first-order chi connectivity index (χ1) is 5.66. The van der Waals surface area contributed by atoms with Gasteiger partial charge >= 0.3 is 7.12 Å². The van der Waals surface area contributed by atoms with Crippen molar-refractivity contribution in [2.24, 2.45) is 0 Å². The van der Waals surface area contributed by atoms with Crippen molar-refractivity contribution in [2.75, 3.05) is 0 Å². The van der Waals surface area contributed by atoms with Crippen LogP contribution in [0.4, 0.5) is 8.78 Å². The minimum atomic E-state index is -1.50. The van der Waals surface area contributed by atoms with E-state index in [9.17, 15) is 8.78 Å². The molecule has 0 radical (unpaired) electrons. The van der Waals surface area contributed by atoms with Crippen molar-refractivity contribution >= 4 is 28.8 Å². The Balaban J connectivity index is 3.07. The molecule has 0 atom stereocenters. The molecule has 0 heterocycles. The molecule has 1 aromatic rings. The lowest BCUT2D eigenvalue weighted by atomic mass is 9.80. The van der Waals surface area contributed by atoms with Gasteiger partial charge in [0.2, 0.25) is 0 Å². The quantitative estimate of drug-likeness (QED) is 0.776. The van der Waals surface area contributed by atoms with E-state index >= 15 is 0 Å². The standard InChI is InChI=1S/C6H4BBrF2O2/c8-12-7(11)4-2-1-3-5(9)6(4)10/h1-3,11H. The highest BCUT2D eigenvalue weighted by molar-refractivity contribution is 9.06. The van der Waals surface area contributed by atoms with E-state index in [1.807, 2.05) is 0 Å². The Hall–Kier alpha value is -0.455. The highest BCUT2D eigenvalue weighted by Crippen LogP contribution is 2.03. The second-order valence-electron chi connectivity index (χ2n) is 2.08. The van der Waals surface area contributed by atoms with Crippen LogP contribution in [0.1, 0.15) is 0 Å². The van der Waals surface area contributed by atoms with Crippen LogP contribution in [0, 0.1) is 11.6 Å². The van der Waals surface area contributed by atoms with Gasteiger partial charge < -0.3 is 8.77 Å². The summed E-state index contributed by atoms with van der Waals surface area (Å²) < 4.78 is 29.6. The Morgan fingerprint density at radius 1 is 1.42 bits per heavy atom.